The molecule has 0 unspecified atom stereocenters. The first-order valence-corrected chi connectivity index (χ1v) is 8.10. The van der Waals surface area contributed by atoms with Crippen LogP contribution in [0.2, 0.25) is 0 Å². The van der Waals surface area contributed by atoms with E-state index in [-0.39, 0.29) is 24.4 Å². The van der Waals surface area contributed by atoms with Gasteiger partial charge in [0.05, 0.1) is 6.04 Å². The van der Waals surface area contributed by atoms with Crippen LogP contribution in [0.15, 0.2) is 0 Å². The number of amides is 2. The molecule has 0 radical (unpaired) electrons. The molecule has 2 fully saturated rings. The summed E-state index contributed by atoms with van der Waals surface area (Å²) in [7, 11) is 0. The topological polar surface area (TPSA) is 52.7 Å². The van der Waals surface area contributed by atoms with Crippen LogP contribution < -0.4 is 5.32 Å². The van der Waals surface area contributed by atoms with Gasteiger partial charge in [-0.15, -0.1) is 0 Å². The summed E-state index contributed by atoms with van der Waals surface area (Å²) in [6.07, 6.45) is -2.77. The van der Waals surface area contributed by atoms with Gasteiger partial charge >= 0.3 is 6.18 Å². The van der Waals surface area contributed by atoms with E-state index < -0.39 is 24.7 Å². The van der Waals surface area contributed by atoms with Crippen LogP contribution in [-0.2, 0) is 9.59 Å². The van der Waals surface area contributed by atoms with Crippen LogP contribution >= 0.6 is 0 Å². The van der Waals surface area contributed by atoms with Crippen molar-refractivity contribution >= 4 is 11.8 Å². The van der Waals surface area contributed by atoms with Gasteiger partial charge in [-0.25, -0.2) is 0 Å². The number of carbonyl (C=O) groups excluding carboxylic acids is 2. The lowest BCUT2D eigenvalue weighted by molar-refractivity contribution is -0.158. The molecule has 1 N–H and O–H groups in total. The van der Waals surface area contributed by atoms with Crippen molar-refractivity contribution in [2.45, 2.75) is 51.4 Å². The van der Waals surface area contributed by atoms with E-state index in [0.29, 0.717) is 25.9 Å². The molecule has 5 nitrogen and oxygen atoms in total. The predicted molar refractivity (Wildman–Crippen MR) is 78.6 cm³/mol. The monoisotopic (exact) mass is 335 g/mol. The van der Waals surface area contributed by atoms with E-state index in [1.54, 1.807) is 0 Å². The lowest BCUT2D eigenvalue weighted by atomic mass is 9.92. The normalized spacial score (nSPS) is 29.3. The van der Waals surface area contributed by atoms with Gasteiger partial charge in [0, 0.05) is 32.1 Å². The maximum absolute atomic E-state index is 12.4. The largest absolute Gasteiger partial charge is 0.406 e. The predicted octanol–water partition coefficient (Wildman–Crippen LogP) is 1.39. The van der Waals surface area contributed by atoms with E-state index in [0.717, 1.165) is 11.3 Å². The first-order chi connectivity index (χ1) is 10.7. The van der Waals surface area contributed by atoms with Crippen LogP contribution in [-0.4, -0.2) is 66.1 Å². The Labute approximate surface area is 134 Å². The maximum Gasteiger partial charge on any atom is 0.406 e. The van der Waals surface area contributed by atoms with Gasteiger partial charge in [0.1, 0.15) is 6.54 Å². The molecule has 8 heteroatoms. The highest BCUT2D eigenvalue weighted by molar-refractivity contribution is 5.84. The molecule has 132 valence electrons. The van der Waals surface area contributed by atoms with Crippen LogP contribution in [0.3, 0.4) is 0 Å². The molecule has 2 amide bonds. The fourth-order valence-electron chi connectivity index (χ4n) is 3.37. The Morgan fingerprint density at radius 2 is 2.00 bits per heavy atom. The zero-order valence-corrected chi connectivity index (χ0v) is 13.5. The minimum absolute atomic E-state index is 0.0516. The molecule has 0 bridgehead atoms. The SMILES string of the molecule is CCC(=O)N1CC[C@H](N[C@H]2CCN(CC(F)(F)F)C2=O)[C@H](C)C1. The second-order valence-corrected chi connectivity index (χ2v) is 6.45. The van der Waals surface area contributed by atoms with Crippen LogP contribution in [0.25, 0.3) is 0 Å². The summed E-state index contributed by atoms with van der Waals surface area (Å²) in [4.78, 5) is 26.5. The van der Waals surface area contributed by atoms with E-state index >= 15 is 0 Å². The summed E-state index contributed by atoms with van der Waals surface area (Å²) < 4.78 is 37.3. The summed E-state index contributed by atoms with van der Waals surface area (Å²) in [5.41, 5.74) is 0. The highest BCUT2D eigenvalue weighted by Crippen LogP contribution is 2.23. The molecule has 3 atom stereocenters. The minimum Gasteiger partial charge on any atom is -0.342 e. The van der Waals surface area contributed by atoms with E-state index in [4.69, 9.17) is 0 Å². The second kappa shape index (κ2) is 7.07. The molecule has 0 aromatic carbocycles. The third-order valence-electron chi connectivity index (χ3n) is 4.64. The highest BCUT2D eigenvalue weighted by atomic mass is 19.4. The number of carbonyl (C=O) groups is 2. The van der Waals surface area contributed by atoms with Crippen molar-refractivity contribution in [1.82, 2.24) is 15.1 Å². The zero-order valence-electron chi connectivity index (χ0n) is 13.5. The summed E-state index contributed by atoms with van der Waals surface area (Å²) in [6.45, 7) is 4.03. The Balaban J connectivity index is 1.86. The average molecular weight is 335 g/mol. The number of nitrogens with zero attached hydrogens (tertiary/aromatic N) is 2. The van der Waals surface area contributed by atoms with Crippen molar-refractivity contribution in [2.24, 2.45) is 5.92 Å². The summed E-state index contributed by atoms with van der Waals surface area (Å²) in [6, 6.07) is -0.492. The van der Waals surface area contributed by atoms with E-state index in [1.807, 2.05) is 18.7 Å². The van der Waals surface area contributed by atoms with Gasteiger partial charge in [0.25, 0.3) is 0 Å². The van der Waals surface area contributed by atoms with Crippen LogP contribution in [0.1, 0.15) is 33.1 Å². The minimum atomic E-state index is -4.36. The smallest absolute Gasteiger partial charge is 0.342 e. The van der Waals surface area contributed by atoms with Crippen molar-refractivity contribution in [1.29, 1.82) is 0 Å². The molecular weight excluding hydrogens is 311 g/mol. The number of rotatable bonds is 4. The number of hydrogen-bond acceptors (Lipinski definition) is 3. The molecule has 23 heavy (non-hydrogen) atoms. The molecule has 0 aromatic rings. The van der Waals surface area contributed by atoms with Crippen molar-refractivity contribution in [3.8, 4) is 0 Å². The molecule has 0 spiro atoms. The standard InChI is InChI=1S/C15H24F3N3O2/c1-3-13(22)20-6-4-11(10(2)8-20)19-12-5-7-21(14(12)23)9-15(16,17)18/h10-12,19H,3-9H2,1-2H3/t10-,11+,12+/m1/s1. The number of likely N-dealkylation sites (tertiary alicyclic amines) is 2. The van der Waals surface area contributed by atoms with Gasteiger partial charge in [-0.2, -0.15) is 13.2 Å². The van der Waals surface area contributed by atoms with E-state index in [9.17, 15) is 22.8 Å². The molecule has 0 aromatic heterocycles. The number of alkyl halides is 3. The maximum atomic E-state index is 12.4. The molecule has 2 heterocycles. The van der Waals surface area contributed by atoms with Crippen molar-refractivity contribution < 1.29 is 22.8 Å². The Morgan fingerprint density at radius 3 is 2.57 bits per heavy atom. The Bertz CT molecular complexity index is 456. The lowest BCUT2D eigenvalue weighted by Crippen LogP contribution is -2.54. The molecular formula is C15H24F3N3O2. The van der Waals surface area contributed by atoms with E-state index in [1.165, 1.54) is 0 Å². The van der Waals surface area contributed by atoms with Gasteiger partial charge < -0.3 is 15.1 Å². The Hall–Kier alpha value is -1.31. The molecule has 2 aliphatic rings. The van der Waals surface area contributed by atoms with Crippen molar-refractivity contribution in [2.75, 3.05) is 26.2 Å². The van der Waals surface area contributed by atoms with Gasteiger partial charge in [-0.3, -0.25) is 9.59 Å². The quantitative estimate of drug-likeness (QED) is 0.845. The van der Waals surface area contributed by atoms with Gasteiger partial charge in [0.15, 0.2) is 0 Å². The molecule has 2 aliphatic heterocycles. The zero-order chi connectivity index (χ0) is 17.2. The highest BCUT2D eigenvalue weighted by Gasteiger charge is 2.40. The number of piperidine rings is 1. The van der Waals surface area contributed by atoms with Crippen LogP contribution in [0.4, 0.5) is 13.2 Å². The summed E-state index contributed by atoms with van der Waals surface area (Å²) >= 11 is 0. The summed E-state index contributed by atoms with van der Waals surface area (Å²) in [5, 5.41) is 3.21. The molecule has 2 saturated heterocycles. The second-order valence-electron chi connectivity index (χ2n) is 6.45. The first kappa shape index (κ1) is 18.0. The Morgan fingerprint density at radius 1 is 1.30 bits per heavy atom. The third-order valence-corrected chi connectivity index (χ3v) is 4.64. The lowest BCUT2D eigenvalue weighted by Gasteiger charge is -2.38. The van der Waals surface area contributed by atoms with Gasteiger partial charge in [-0.05, 0) is 18.8 Å². The molecule has 2 rings (SSSR count). The fraction of sp³-hybridized carbons (Fsp3) is 0.867. The van der Waals surface area contributed by atoms with Crippen LogP contribution in [0.5, 0.6) is 0 Å². The summed E-state index contributed by atoms with van der Waals surface area (Å²) in [5.74, 6) is -0.186. The first-order valence-electron chi connectivity index (χ1n) is 8.10. The number of nitrogens with one attached hydrogen (secondary N) is 1. The van der Waals surface area contributed by atoms with Crippen molar-refractivity contribution in [3.05, 3.63) is 0 Å². The molecule has 0 saturated carbocycles. The number of halogens is 3. The Kier molecular flexibility index (Phi) is 5.54. The fourth-order valence-corrected chi connectivity index (χ4v) is 3.37. The van der Waals surface area contributed by atoms with Gasteiger partial charge in [-0.1, -0.05) is 13.8 Å². The van der Waals surface area contributed by atoms with E-state index in [2.05, 4.69) is 5.32 Å². The van der Waals surface area contributed by atoms with Gasteiger partial charge in [0.2, 0.25) is 11.8 Å². The van der Waals surface area contributed by atoms with Crippen LogP contribution in [0, 0.1) is 5.92 Å². The van der Waals surface area contributed by atoms with Crippen molar-refractivity contribution in [3.63, 3.8) is 0 Å². The number of hydrogen-bond donors (Lipinski definition) is 1. The average Bonchev–Trinajstić information content (AvgIpc) is 2.79. The third kappa shape index (κ3) is 4.59. The molecule has 0 aliphatic carbocycles.